The van der Waals surface area contributed by atoms with Crippen molar-refractivity contribution in [3.05, 3.63) is 53.1 Å². The van der Waals surface area contributed by atoms with E-state index in [1.54, 1.807) is 18.3 Å². The van der Waals surface area contributed by atoms with Gasteiger partial charge in [0.1, 0.15) is 5.82 Å². The number of aryl methyl sites for hydroxylation is 1. The Kier molecular flexibility index (Phi) is 3.82. The summed E-state index contributed by atoms with van der Waals surface area (Å²) in [5.41, 5.74) is 0.822. The van der Waals surface area contributed by atoms with E-state index in [9.17, 15) is 5.11 Å². The van der Waals surface area contributed by atoms with Gasteiger partial charge in [-0.15, -0.1) is 0 Å². The molecular formula is C13H15ClN2O. The summed E-state index contributed by atoms with van der Waals surface area (Å²) >= 11 is 5.90. The quantitative estimate of drug-likeness (QED) is 0.906. The van der Waals surface area contributed by atoms with Crippen LogP contribution in [0.1, 0.15) is 24.4 Å². The molecule has 0 saturated heterocycles. The van der Waals surface area contributed by atoms with Crippen LogP contribution in [0.5, 0.6) is 0 Å². The van der Waals surface area contributed by atoms with Crippen molar-refractivity contribution >= 4 is 11.6 Å². The van der Waals surface area contributed by atoms with Gasteiger partial charge in [0.05, 0.1) is 6.10 Å². The zero-order valence-corrected chi connectivity index (χ0v) is 10.4. The van der Waals surface area contributed by atoms with Crippen LogP contribution in [0.2, 0.25) is 5.02 Å². The minimum Gasteiger partial charge on any atom is -0.388 e. The number of imidazole rings is 1. The van der Waals surface area contributed by atoms with Gasteiger partial charge in [-0.3, -0.25) is 0 Å². The Labute approximate surface area is 106 Å². The van der Waals surface area contributed by atoms with Gasteiger partial charge >= 0.3 is 0 Å². The Morgan fingerprint density at radius 1 is 1.47 bits per heavy atom. The molecule has 0 amide bonds. The van der Waals surface area contributed by atoms with Crippen molar-refractivity contribution in [1.82, 2.24) is 9.55 Å². The molecule has 0 radical (unpaired) electrons. The smallest absolute Gasteiger partial charge is 0.111 e. The number of halogens is 1. The first kappa shape index (κ1) is 12.1. The molecule has 1 atom stereocenters. The summed E-state index contributed by atoms with van der Waals surface area (Å²) in [5.74, 6) is 0.889. The molecule has 90 valence electrons. The second-order valence-corrected chi connectivity index (χ2v) is 4.34. The van der Waals surface area contributed by atoms with Crippen molar-refractivity contribution in [1.29, 1.82) is 0 Å². The van der Waals surface area contributed by atoms with E-state index >= 15 is 0 Å². The van der Waals surface area contributed by atoms with Crippen LogP contribution in [0.4, 0.5) is 0 Å². The molecular weight excluding hydrogens is 236 g/mol. The second-order valence-electron chi connectivity index (χ2n) is 3.90. The number of aliphatic hydroxyl groups is 1. The predicted molar refractivity (Wildman–Crippen MR) is 68.0 cm³/mol. The van der Waals surface area contributed by atoms with E-state index < -0.39 is 6.10 Å². The summed E-state index contributed by atoms with van der Waals surface area (Å²) in [6.45, 7) is 2.91. The average Bonchev–Trinajstić information content (AvgIpc) is 2.76. The highest BCUT2D eigenvalue weighted by atomic mass is 35.5. The Hall–Kier alpha value is -1.32. The highest BCUT2D eigenvalue weighted by molar-refractivity contribution is 6.30. The number of nitrogens with zero attached hydrogens (tertiary/aromatic N) is 2. The van der Waals surface area contributed by atoms with Crippen LogP contribution in [-0.4, -0.2) is 14.7 Å². The van der Waals surface area contributed by atoms with Gasteiger partial charge in [-0.1, -0.05) is 23.7 Å². The van der Waals surface area contributed by atoms with Crippen molar-refractivity contribution < 1.29 is 5.11 Å². The maximum absolute atomic E-state index is 10.1. The molecule has 1 unspecified atom stereocenters. The van der Waals surface area contributed by atoms with Crippen molar-refractivity contribution in [2.45, 2.75) is 26.0 Å². The molecule has 0 aliphatic carbocycles. The van der Waals surface area contributed by atoms with Gasteiger partial charge in [-0.05, 0) is 24.6 Å². The topological polar surface area (TPSA) is 38.0 Å². The number of benzene rings is 1. The first-order valence-electron chi connectivity index (χ1n) is 5.64. The third-order valence-corrected chi connectivity index (χ3v) is 2.99. The highest BCUT2D eigenvalue weighted by Crippen LogP contribution is 2.20. The van der Waals surface area contributed by atoms with Gasteiger partial charge in [-0.2, -0.15) is 0 Å². The summed E-state index contributed by atoms with van der Waals surface area (Å²) in [6, 6.07) is 7.29. The molecule has 3 nitrogen and oxygen atoms in total. The van der Waals surface area contributed by atoms with Crippen LogP contribution in [0.25, 0.3) is 0 Å². The van der Waals surface area contributed by atoms with Crippen LogP contribution in [0.3, 0.4) is 0 Å². The van der Waals surface area contributed by atoms with Gasteiger partial charge in [0.15, 0.2) is 0 Å². The third-order valence-electron chi connectivity index (χ3n) is 2.75. The minimum atomic E-state index is -0.568. The van der Waals surface area contributed by atoms with Gasteiger partial charge in [-0.25, -0.2) is 4.98 Å². The summed E-state index contributed by atoms with van der Waals surface area (Å²) in [4.78, 5) is 4.24. The highest BCUT2D eigenvalue weighted by Gasteiger charge is 2.12. The van der Waals surface area contributed by atoms with E-state index in [0.717, 1.165) is 17.9 Å². The van der Waals surface area contributed by atoms with Crippen LogP contribution in [0.15, 0.2) is 36.7 Å². The first-order valence-corrected chi connectivity index (χ1v) is 6.02. The van der Waals surface area contributed by atoms with Crippen LogP contribution < -0.4 is 0 Å². The maximum atomic E-state index is 10.1. The monoisotopic (exact) mass is 250 g/mol. The van der Waals surface area contributed by atoms with Gasteiger partial charge in [0.2, 0.25) is 0 Å². The fourth-order valence-electron chi connectivity index (χ4n) is 1.82. The Balaban J connectivity index is 2.14. The molecule has 0 spiro atoms. The third kappa shape index (κ3) is 2.87. The van der Waals surface area contributed by atoms with Gasteiger partial charge in [0.25, 0.3) is 0 Å². The first-order chi connectivity index (χ1) is 8.20. The van der Waals surface area contributed by atoms with Crippen molar-refractivity contribution in [2.75, 3.05) is 0 Å². The lowest BCUT2D eigenvalue weighted by Gasteiger charge is -2.12. The minimum absolute atomic E-state index is 0.501. The predicted octanol–water partition coefficient (Wildman–Crippen LogP) is 2.83. The molecule has 4 heteroatoms. The maximum Gasteiger partial charge on any atom is 0.111 e. The van der Waals surface area contributed by atoms with E-state index in [1.807, 2.05) is 22.9 Å². The summed E-state index contributed by atoms with van der Waals surface area (Å²) in [6.07, 6.45) is 3.60. The fraction of sp³-hybridized carbons (Fsp3) is 0.308. The van der Waals surface area contributed by atoms with Crippen molar-refractivity contribution in [2.24, 2.45) is 0 Å². The number of rotatable bonds is 4. The lowest BCUT2D eigenvalue weighted by atomic mass is 10.1. The molecule has 1 N–H and O–H groups in total. The average molecular weight is 251 g/mol. The molecule has 1 aromatic carbocycles. The standard InChI is InChI=1S/C13H15ClN2O/c1-2-16-7-6-15-13(16)9-12(17)10-4-3-5-11(14)8-10/h3-8,12,17H,2,9H2,1H3. The van der Waals surface area contributed by atoms with Crippen molar-refractivity contribution in [3.63, 3.8) is 0 Å². The molecule has 0 fully saturated rings. The SMILES string of the molecule is CCn1ccnc1CC(O)c1cccc(Cl)c1. The molecule has 2 rings (SSSR count). The molecule has 0 saturated carbocycles. The zero-order valence-electron chi connectivity index (χ0n) is 9.68. The molecule has 1 aromatic heterocycles. The summed E-state index contributed by atoms with van der Waals surface area (Å²) in [7, 11) is 0. The van der Waals surface area contributed by atoms with Crippen LogP contribution in [-0.2, 0) is 13.0 Å². The lowest BCUT2D eigenvalue weighted by molar-refractivity contribution is 0.174. The number of hydrogen-bond acceptors (Lipinski definition) is 2. The summed E-state index contributed by atoms with van der Waals surface area (Å²) in [5, 5.41) is 10.8. The summed E-state index contributed by atoms with van der Waals surface area (Å²) < 4.78 is 2.02. The molecule has 0 bridgehead atoms. The van der Waals surface area contributed by atoms with Gasteiger partial charge < -0.3 is 9.67 Å². The van der Waals surface area contributed by atoms with E-state index in [0.29, 0.717) is 11.4 Å². The normalized spacial score (nSPS) is 12.6. The van der Waals surface area contributed by atoms with E-state index in [2.05, 4.69) is 11.9 Å². The molecule has 1 heterocycles. The number of hydrogen-bond donors (Lipinski definition) is 1. The van der Waals surface area contributed by atoms with E-state index in [-0.39, 0.29) is 0 Å². The Morgan fingerprint density at radius 2 is 2.29 bits per heavy atom. The van der Waals surface area contributed by atoms with Crippen molar-refractivity contribution in [3.8, 4) is 0 Å². The van der Waals surface area contributed by atoms with E-state index in [4.69, 9.17) is 11.6 Å². The lowest BCUT2D eigenvalue weighted by Crippen LogP contribution is -2.08. The number of aliphatic hydroxyl groups excluding tert-OH is 1. The molecule has 17 heavy (non-hydrogen) atoms. The molecule has 0 aliphatic rings. The number of aromatic nitrogens is 2. The molecule has 0 aliphatic heterocycles. The van der Waals surface area contributed by atoms with E-state index in [1.165, 1.54) is 0 Å². The Morgan fingerprint density at radius 3 is 3.00 bits per heavy atom. The van der Waals surface area contributed by atoms with Crippen LogP contribution in [0, 0.1) is 0 Å². The molecule has 2 aromatic rings. The van der Waals surface area contributed by atoms with Crippen LogP contribution >= 0.6 is 11.6 Å². The fourth-order valence-corrected chi connectivity index (χ4v) is 2.02. The zero-order chi connectivity index (χ0) is 12.3. The Bertz CT molecular complexity index is 496. The second kappa shape index (κ2) is 5.34. The largest absolute Gasteiger partial charge is 0.388 e. The van der Waals surface area contributed by atoms with Gasteiger partial charge in [0, 0.05) is 30.4 Å².